The van der Waals surface area contributed by atoms with Crippen molar-refractivity contribution in [3.05, 3.63) is 99.1 Å². The molecule has 0 radical (unpaired) electrons. The first kappa shape index (κ1) is 26.2. The van der Waals surface area contributed by atoms with Gasteiger partial charge in [-0.15, -0.1) is 0 Å². The highest BCUT2D eigenvalue weighted by Crippen LogP contribution is 2.40. The van der Waals surface area contributed by atoms with Gasteiger partial charge in [0.25, 0.3) is 11.6 Å². The van der Waals surface area contributed by atoms with Gasteiger partial charge in [-0.05, 0) is 54.7 Å². The molecule has 0 aromatic heterocycles. The van der Waals surface area contributed by atoms with Crippen LogP contribution in [0, 0.1) is 10.1 Å². The van der Waals surface area contributed by atoms with E-state index < -0.39 is 40.8 Å². The van der Waals surface area contributed by atoms with E-state index in [0.29, 0.717) is 6.07 Å². The fraction of sp³-hybridized carbons (Fsp3) is 0.231. The minimum absolute atomic E-state index is 0.0255. The summed E-state index contributed by atoms with van der Waals surface area (Å²) in [5.74, 6) is -1.31. The van der Waals surface area contributed by atoms with Gasteiger partial charge in [0.15, 0.2) is 6.61 Å². The summed E-state index contributed by atoms with van der Waals surface area (Å²) in [5, 5.41) is 14.3. The minimum atomic E-state index is -4.74. The number of esters is 1. The summed E-state index contributed by atoms with van der Waals surface area (Å²) in [7, 11) is 0. The fourth-order valence-corrected chi connectivity index (χ4v) is 5.13. The number of carbonyl (C=O) groups excluding carboxylic acids is 2. The summed E-state index contributed by atoms with van der Waals surface area (Å²) >= 11 is 0.761. The summed E-state index contributed by atoms with van der Waals surface area (Å²) in [4.78, 5) is 35.9. The van der Waals surface area contributed by atoms with E-state index >= 15 is 0 Å². The first-order chi connectivity index (χ1) is 17.6. The third-order valence-electron chi connectivity index (χ3n) is 5.85. The molecule has 1 N–H and O–H groups in total. The number of nitrogens with zero attached hydrogens (tertiary/aromatic N) is 1. The molecule has 1 unspecified atom stereocenters. The number of benzene rings is 3. The monoisotopic (exact) mass is 530 g/mol. The Kier molecular flexibility index (Phi) is 7.82. The van der Waals surface area contributed by atoms with Crippen molar-refractivity contribution in [2.75, 3.05) is 6.61 Å². The number of fused-ring (bicyclic) bond motifs is 1. The lowest BCUT2D eigenvalue weighted by atomic mass is 9.88. The summed E-state index contributed by atoms with van der Waals surface area (Å²) in [6.07, 6.45) is -2.12. The Hall–Kier alpha value is -3.86. The van der Waals surface area contributed by atoms with Crippen LogP contribution in [0.4, 0.5) is 18.9 Å². The Morgan fingerprint density at radius 3 is 2.54 bits per heavy atom. The zero-order chi connectivity index (χ0) is 26.6. The number of nitrogens with one attached hydrogen (secondary N) is 1. The van der Waals surface area contributed by atoms with Gasteiger partial charge in [-0.3, -0.25) is 14.9 Å². The van der Waals surface area contributed by atoms with Crippen molar-refractivity contribution in [3.63, 3.8) is 0 Å². The Labute approximate surface area is 214 Å². The zero-order valence-corrected chi connectivity index (χ0v) is 20.1. The fourth-order valence-electron chi connectivity index (χ4n) is 4.11. The summed E-state index contributed by atoms with van der Waals surface area (Å²) in [6.45, 7) is -0.531. The Bertz CT molecular complexity index is 1350. The maximum absolute atomic E-state index is 13.0. The number of aryl methyl sites for hydroxylation is 1. The van der Waals surface area contributed by atoms with Crippen LogP contribution >= 0.6 is 11.8 Å². The van der Waals surface area contributed by atoms with Crippen molar-refractivity contribution in [1.29, 1.82) is 0 Å². The molecule has 0 bridgehead atoms. The molecular formula is C26H21F3N2O5S. The minimum Gasteiger partial charge on any atom is -0.452 e. The largest absolute Gasteiger partial charge is 0.452 e. The van der Waals surface area contributed by atoms with Crippen LogP contribution in [-0.4, -0.2) is 23.4 Å². The van der Waals surface area contributed by atoms with Crippen LogP contribution in [0.2, 0.25) is 0 Å². The second-order valence-corrected chi connectivity index (χ2v) is 9.41. The van der Waals surface area contributed by atoms with Crippen molar-refractivity contribution in [2.45, 2.75) is 41.3 Å². The van der Waals surface area contributed by atoms with Crippen LogP contribution < -0.4 is 5.32 Å². The standard InChI is InChI=1S/C26H21F3N2O5S/c27-26(28,29)17-12-13-23(21(14-17)31(34)35)37-22-11-4-3-9-19(22)25(33)36-15-24(32)30-20-10-5-7-16-6-1-2-8-18(16)20/h1-4,6,8-9,11-14,20H,5,7,10,15H2,(H,30,32). The number of carbonyl (C=O) groups is 2. The molecule has 0 fully saturated rings. The first-order valence-corrected chi connectivity index (χ1v) is 12.1. The number of hydrogen-bond donors (Lipinski definition) is 1. The van der Waals surface area contributed by atoms with Crippen molar-refractivity contribution >= 4 is 29.3 Å². The van der Waals surface area contributed by atoms with Crippen molar-refractivity contribution in [1.82, 2.24) is 5.32 Å². The van der Waals surface area contributed by atoms with Crippen LogP contribution in [0.5, 0.6) is 0 Å². The molecule has 192 valence electrons. The number of nitro benzene ring substituents is 1. The predicted molar refractivity (Wildman–Crippen MR) is 129 cm³/mol. The number of halogens is 3. The van der Waals surface area contributed by atoms with Crippen molar-refractivity contribution < 1.29 is 32.4 Å². The Morgan fingerprint density at radius 2 is 1.78 bits per heavy atom. The molecule has 3 aromatic rings. The molecule has 1 atom stereocenters. The van der Waals surface area contributed by atoms with E-state index in [1.165, 1.54) is 17.7 Å². The average Bonchev–Trinajstić information content (AvgIpc) is 2.87. The van der Waals surface area contributed by atoms with E-state index in [1.54, 1.807) is 12.1 Å². The number of rotatable bonds is 7. The molecule has 0 saturated carbocycles. The number of amides is 1. The lowest BCUT2D eigenvalue weighted by molar-refractivity contribution is -0.388. The molecular weight excluding hydrogens is 509 g/mol. The third kappa shape index (κ3) is 6.29. The number of hydrogen-bond acceptors (Lipinski definition) is 6. The van der Waals surface area contributed by atoms with Gasteiger partial charge in [-0.2, -0.15) is 13.2 Å². The van der Waals surface area contributed by atoms with E-state index in [9.17, 15) is 32.9 Å². The second-order valence-electron chi connectivity index (χ2n) is 8.32. The highest BCUT2D eigenvalue weighted by molar-refractivity contribution is 7.99. The van der Waals surface area contributed by atoms with E-state index in [-0.39, 0.29) is 21.4 Å². The summed E-state index contributed by atoms with van der Waals surface area (Å²) < 4.78 is 44.2. The summed E-state index contributed by atoms with van der Waals surface area (Å²) in [6, 6.07) is 15.8. The first-order valence-electron chi connectivity index (χ1n) is 11.3. The van der Waals surface area contributed by atoms with Gasteiger partial charge in [0, 0.05) is 11.0 Å². The van der Waals surface area contributed by atoms with E-state index in [2.05, 4.69) is 5.32 Å². The molecule has 1 amide bonds. The Morgan fingerprint density at radius 1 is 1.05 bits per heavy atom. The number of alkyl halides is 3. The molecule has 7 nitrogen and oxygen atoms in total. The molecule has 3 aromatic carbocycles. The van der Waals surface area contributed by atoms with Crippen LogP contribution in [0.25, 0.3) is 0 Å². The molecule has 4 rings (SSSR count). The molecule has 0 spiro atoms. The Balaban J connectivity index is 1.45. The van der Waals surface area contributed by atoms with Gasteiger partial charge in [-0.1, -0.05) is 48.2 Å². The van der Waals surface area contributed by atoms with E-state index in [0.717, 1.165) is 48.7 Å². The van der Waals surface area contributed by atoms with Gasteiger partial charge in [0.05, 0.1) is 27.0 Å². The SMILES string of the molecule is O=C(COC(=O)c1ccccc1Sc1ccc(C(F)(F)F)cc1[N+](=O)[O-])NC1CCCc2ccccc21. The molecule has 1 aliphatic carbocycles. The zero-order valence-electron chi connectivity index (χ0n) is 19.3. The smallest absolute Gasteiger partial charge is 0.416 e. The lowest BCUT2D eigenvalue weighted by Crippen LogP contribution is -2.34. The third-order valence-corrected chi connectivity index (χ3v) is 6.99. The summed E-state index contributed by atoms with van der Waals surface area (Å²) in [5.41, 5.74) is 0.336. The van der Waals surface area contributed by atoms with Crippen LogP contribution in [-0.2, 0) is 22.1 Å². The highest BCUT2D eigenvalue weighted by Gasteiger charge is 2.33. The van der Waals surface area contributed by atoms with Crippen molar-refractivity contribution in [3.8, 4) is 0 Å². The lowest BCUT2D eigenvalue weighted by Gasteiger charge is -2.26. The molecule has 1 aliphatic rings. The molecule has 0 saturated heterocycles. The number of nitro groups is 1. The van der Waals surface area contributed by atoms with E-state index in [4.69, 9.17) is 4.74 Å². The maximum atomic E-state index is 13.0. The van der Waals surface area contributed by atoms with Gasteiger partial charge in [0.1, 0.15) is 0 Å². The molecule has 0 heterocycles. The molecule has 37 heavy (non-hydrogen) atoms. The average molecular weight is 531 g/mol. The van der Waals surface area contributed by atoms with Crippen LogP contribution in [0.3, 0.4) is 0 Å². The van der Waals surface area contributed by atoms with Gasteiger partial charge < -0.3 is 10.1 Å². The van der Waals surface area contributed by atoms with Crippen LogP contribution in [0.15, 0.2) is 76.5 Å². The topological polar surface area (TPSA) is 98.5 Å². The molecule has 11 heteroatoms. The van der Waals surface area contributed by atoms with Crippen LogP contribution in [0.1, 0.15) is 45.9 Å². The van der Waals surface area contributed by atoms with Crippen molar-refractivity contribution in [2.24, 2.45) is 0 Å². The van der Waals surface area contributed by atoms with Gasteiger partial charge >= 0.3 is 12.1 Å². The molecule has 0 aliphatic heterocycles. The van der Waals surface area contributed by atoms with Gasteiger partial charge in [-0.25, -0.2) is 4.79 Å². The highest BCUT2D eigenvalue weighted by atomic mass is 32.2. The van der Waals surface area contributed by atoms with Gasteiger partial charge in [0.2, 0.25) is 0 Å². The van der Waals surface area contributed by atoms with E-state index in [1.807, 2.05) is 24.3 Å². The number of ether oxygens (including phenoxy) is 1. The predicted octanol–water partition coefficient (Wildman–Crippen LogP) is 6.12. The quantitative estimate of drug-likeness (QED) is 0.225. The maximum Gasteiger partial charge on any atom is 0.416 e. The second kappa shape index (κ2) is 11.0. The normalized spacial score (nSPS) is 14.9.